The number of hydrogen-bond acceptors (Lipinski definition) is 7. The summed E-state index contributed by atoms with van der Waals surface area (Å²) in [6.07, 6.45) is 7.68. The average molecular weight is 422 g/mol. The molecule has 1 fully saturated rings. The number of benzene rings is 2. The highest BCUT2D eigenvalue weighted by molar-refractivity contribution is 5.93. The molecule has 1 aliphatic heterocycles. The number of hydrogen-bond donors (Lipinski definition) is 1. The van der Waals surface area contributed by atoms with E-state index in [0.29, 0.717) is 29.1 Å². The van der Waals surface area contributed by atoms with Crippen molar-refractivity contribution in [2.75, 3.05) is 51.8 Å². The van der Waals surface area contributed by atoms with Crippen molar-refractivity contribution in [3.8, 4) is 23.8 Å². The lowest BCUT2D eigenvalue weighted by Gasteiger charge is -2.26. The van der Waals surface area contributed by atoms with Crippen molar-refractivity contribution >= 4 is 22.4 Å². The fourth-order valence-corrected chi connectivity index (χ4v) is 3.47. The molecule has 2 aromatic carbocycles. The molecule has 0 amide bonds. The highest BCUT2D eigenvalue weighted by atomic mass is 16.5. The van der Waals surface area contributed by atoms with Crippen molar-refractivity contribution < 1.29 is 18.3 Å². The predicted octanol–water partition coefficient (Wildman–Crippen LogP) is 3.46. The normalized spacial score (nSPS) is 16.0. The van der Waals surface area contributed by atoms with Gasteiger partial charge in [-0.3, -0.25) is 4.90 Å². The minimum Gasteiger partial charge on any atom is -0.493 e. The molecule has 0 bridgehead atoms. The Balaban J connectivity index is 1.58. The molecule has 0 spiro atoms. The lowest BCUT2D eigenvalue weighted by molar-refractivity contribution is 0.0357. The van der Waals surface area contributed by atoms with E-state index < -0.39 is 7.04 Å². The first kappa shape index (κ1) is 17.4. The number of rotatable bonds is 8. The van der Waals surface area contributed by atoms with E-state index in [1.165, 1.54) is 6.33 Å². The Hall–Kier alpha value is -3.34. The third kappa shape index (κ3) is 5.23. The van der Waals surface area contributed by atoms with Gasteiger partial charge in [0.15, 0.2) is 11.5 Å². The molecule has 3 aromatic rings. The van der Waals surface area contributed by atoms with Gasteiger partial charge in [-0.05, 0) is 30.7 Å². The molecule has 0 aliphatic carbocycles. The Morgan fingerprint density at radius 3 is 2.97 bits per heavy atom. The first-order valence-corrected chi connectivity index (χ1v) is 10.2. The molecule has 1 aromatic heterocycles. The van der Waals surface area contributed by atoms with E-state index in [4.69, 9.17) is 24.7 Å². The summed E-state index contributed by atoms with van der Waals surface area (Å²) in [6, 6.07) is 10.7. The topological polar surface area (TPSA) is 68.7 Å². The lowest BCUT2D eigenvalue weighted by atomic mass is 10.2. The van der Waals surface area contributed by atoms with Crippen LogP contribution in [0.2, 0.25) is 0 Å². The predicted molar refractivity (Wildman–Crippen MR) is 121 cm³/mol. The van der Waals surface area contributed by atoms with Crippen LogP contribution in [0.25, 0.3) is 10.9 Å². The number of fused-ring (bicyclic) bond motifs is 1. The Labute approximate surface area is 186 Å². The van der Waals surface area contributed by atoms with Crippen LogP contribution in [0.5, 0.6) is 11.5 Å². The quantitative estimate of drug-likeness (QED) is 0.441. The summed E-state index contributed by atoms with van der Waals surface area (Å²) in [5, 5.41) is 3.92. The zero-order chi connectivity index (χ0) is 24.0. The standard InChI is InChI=1S/C24H26N4O3/c1-3-18-6-4-7-19(14-18)27-24-20-15-23(22(29-2)16-21(20)25-17-26-24)31-11-5-8-28-9-12-30-13-10-28/h1,4,6-7,14-17H,5,8-13H2,2H3,(H,25,26,27)/i2D3. The summed E-state index contributed by atoms with van der Waals surface area (Å²) in [6.45, 7) is 4.55. The monoisotopic (exact) mass is 421 g/mol. The SMILES string of the molecule is [2H]C([2H])([2H])Oc1cc2ncnc(Nc3cccc(C#C)c3)c2cc1OCCCN1CCOCC1. The van der Waals surface area contributed by atoms with Crippen molar-refractivity contribution in [3.63, 3.8) is 0 Å². The fourth-order valence-electron chi connectivity index (χ4n) is 3.47. The van der Waals surface area contributed by atoms with Crippen LogP contribution >= 0.6 is 0 Å². The molecule has 31 heavy (non-hydrogen) atoms. The molecule has 0 atom stereocenters. The van der Waals surface area contributed by atoms with Gasteiger partial charge in [0, 0.05) is 42.3 Å². The Morgan fingerprint density at radius 1 is 1.23 bits per heavy atom. The molecule has 2 heterocycles. The summed E-state index contributed by atoms with van der Waals surface area (Å²) in [4.78, 5) is 11.0. The molecule has 1 saturated heterocycles. The minimum absolute atomic E-state index is 0.109. The molecule has 160 valence electrons. The number of anilines is 2. The van der Waals surface area contributed by atoms with E-state index in [-0.39, 0.29) is 5.75 Å². The minimum atomic E-state index is -2.62. The van der Waals surface area contributed by atoms with E-state index in [9.17, 15) is 0 Å². The average Bonchev–Trinajstić information content (AvgIpc) is 2.82. The van der Waals surface area contributed by atoms with E-state index in [0.717, 1.165) is 50.5 Å². The van der Waals surface area contributed by atoms with Crippen LogP contribution in [0, 0.1) is 12.3 Å². The van der Waals surface area contributed by atoms with Crippen molar-refractivity contribution in [2.45, 2.75) is 6.42 Å². The van der Waals surface area contributed by atoms with E-state index in [2.05, 4.69) is 26.1 Å². The number of nitrogens with zero attached hydrogens (tertiary/aromatic N) is 3. The third-order valence-electron chi connectivity index (χ3n) is 5.08. The summed E-state index contributed by atoms with van der Waals surface area (Å²) in [5.41, 5.74) is 2.03. The van der Waals surface area contributed by atoms with Gasteiger partial charge in [-0.2, -0.15) is 0 Å². The molecule has 1 N–H and O–H groups in total. The highest BCUT2D eigenvalue weighted by Gasteiger charge is 2.13. The van der Waals surface area contributed by atoms with E-state index in [1.807, 2.05) is 24.3 Å². The maximum atomic E-state index is 7.53. The molecule has 0 unspecified atom stereocenters. The van der Waals surface area contributed by atoms with Crippen LogP contribution in [0.15, 0.2) is 42.7 Å². The second kappa shape index (κ2) is 10.1. The molecule has 7 heteroatoms. The number of ether oxygens (including phenoxy) is 3. The van der Waals surface area contributed by atoms with Crippen molar-refractivity contribution in [1.29, 1.82) is 0 Å². The molecule has 7 nitrogen and oxygen atoms in total. The smallest absolute Gasteiger partial charge is 0.162 e. The van der Waals surface area contributed by atoms with Crippen LogP contribution in [0.1, 0.15) is 16.1 Å². The highest BCUT2D eigenvalue weighted by Crippen LogP contribution is 2.34. The second-order valence-corrected chi connectivity index (χ2v) is 7.15. The number of methoxy groups -OCH3 is 1. The van der Waals surface area contributed by atoms with Crippen molar-refractivity contribution in [1.82, 2.24) is 14.9 Å². The summed E-state index contributed by atoms with van der Waals surface area (Å²) in [5.74, 6) is 3.58. The molecule has 4 rings (SSSR count). The summed E-state index contributed by atoms with van der Waals surface area (Å²) < 4.78 is 39.2. The van der Waals surface area contributed by atoms with E-state index >= 15 is 0 Å². The van der Waals surface area contributed by atoms with Gasteiger partial charge < -0.3 is 19.5 Å². The maximum Gasteiger partial charge on any atom is 0.162 e. The Morgan fingerprint density at radius 2 is 2.13 bits per heavy atom. The van der Waals surface area contributed by atoms with Crippen LogP contribution in [0.4, 0.5) is 11.5 Å². The Bertz CT molecular complexity index is 1170. The number of aromatic nitrogens is 2. The van der Waals surface area contributed by atoms with Gasteiger partial charge in [0.05, 0.1) is 36.5 Å². The number of morpholine rings is 1. The van der Waals surface area contributed by atoms with E-state index in [1.54, 1.807) is 12.1 Å². The van der Waals surface area contributed by atoms with Crippen molar-refractivity contribution in [3.05, 3.63) is 48.3 Å². The van der Waals surface area contributed by atoms with Gasteiger partial charge in [0.25, 0.3) is 0 Å². The molecular formula is C24H26N4O3. The first-order valence-electron chi connectivity index (χ1n) is 11.7. The van der Waals surface area contributed by atoms with Gasteiger partial charge in [0.1, 0.15) is 12.1 Å². The number of nitrogens with one attached hydrogen (secondary N) is 1. The van der Waals surface area contributed by atoms with Gasteiger partial charge in [0.2, 0.25) is 0 Å². The Kier molecular flexibility index (Phi) is 5.66. The van der Waals surface area contributed by atoms with Gasteiger partial charge in [-0.25, -0.2) is 9.97 Å². The molecular weight excluding hydrogens is 392 g/mol. The van der Waals surface area contributed by atoms with Crippen LogP contribution in [0.3, 0.4) is 0 Å². The fraction of sp³-hybridized carbons (Fsp3) is 0.333. The largest absolute Gasteiger partial charge is 0.493 e. The molecule has 0 saturated carbocycles. The zero-order valence-electron chi connectivity index (χ0n) is 20.1. The maximum absolute atomic E-state index is 7.53. The van der Waals surface area contributed by atoms with Crippen LogP contribution in [-0.4, -0.2) is 61.4 Å². The third-order valence-corrected chi connectivity index (χ3v) is 5.08. The second-order valence-electron chi connectivity index (χ2n) is 7.15. The summed E-state index contributed by atoms with van der Waals surface area (Å²) >= 11 is 0. The lowest BCUT2D eigenvalue weighted by Crippen LogP contribution is -2.37. The summed E-state index contributed by atoms with van der Waals surface area (Å²) in [7, 11) is -2.62. The van der Waals surface area contributed by atoms with Gasteiger partial charge in [-0.15, -0.1) is 6.42 Å². The van der Waals surface area contributed by atoms with Gasteiger partial charge >= 0.3 is 0 Å². The van der Waals surface area contributed by atoms with Crippen molar-refractivity contribution in [2.24, 2.45) is 0 Å². The zero-order valence-corrected chi connectivity index (χ0v) is 17.1. The van der Waals surface area contributed by atoms with Gasteiger partial charge in [-0.1, -0.05) is 12.0 Å². The van der Waals surface area contributed by atoms with Crippen LogP contribution in [-0.2, 0) is 4.74 Å². The van der Waals surface area contributed by atoms with Crippen LogP contribution < -0.4 is 14.8 Å². The molecule has 1 aliphatic rings. The number of terminal acetylenes is 1. The molecule has 0 radical (unpaired) electrons. The first-order chi connectivity index (χ1) is 16.4.